The molecule has 2 atom stereocenters. The van der Waals surface area contributed by atoms with Gasteiger partial charge in [-0.1, -0.05) is 37.3 Å². The van der Waals surface area contributed by atoms with E-state index in [1.54, 1.807) is 7.11 Å². The third kappa shape index (κ3) is 5.29. The van der Waals surface area contributed by atoms with E-state index in [1.807, 2.05) is 24.3 Å². The Hall–Kier alpha value is -2.41. The van der Waals surface area contributed by atoms with Gasteiger partial charge in [0.25, 0.3) is 0 Å². The number of rotatable bonds is 5. The van der Waals surface area contributed by atoms with E-state index in [0.29, 0.717) is 22.9 Å². The van der Waals surface area contributed by atoms with Crippen LogP contribution in [0.5, 0.6) is 5.88 Å². The van der Waals surface area contributed by atoms with Crippen LogP contribution in [0.1, 0.15) is 38.3 Å². The number of hydrogen-bond acceptors (Lipinski definition) is 5. The van der Waals surface area contributed by atoms with E-state index < -0.39 is 0 Å². The molecule has 6 nitrogen and oxygen atoms in total. The molecule has 2 aromatic rings. The van der Waals surface area contributed by atoms with Crippen molar-refractivity contribution < 1.29 is 4.74 Å². The molecule has 1 aliphatic heterocycles. The van der Waals surface area contributed by atoms with Gasteiger partial charge < -0.3 is 20.3 Å². The quantitative estimate of drug-likeness (QED) is 0.760. The molecule has 2 N–H and O–H groups in total. The lowest BCUT2D eigenvalue weighted by atomic mass is 10.0. The van der Waals surface area contributed by atoms with E-state index in [1.165, 1.54) is 12.8 Å². The second-order valence-corrected chi connectivity index (χ2v) is 7.42. The lowest BCUT2D eigenvalue weighted by molar-refractivity contribution is 0.396. The summed E-state index contributed by atoms with van der Waals surface area (Å²) in [7, 11) is 1.61. The maximum atomic E-state index is 5.45. The number of piperidine rings is 1. The van der Waals surface area contributed by atoms with Crippen molar-refractivity contribution in [1.82, 2.24) is 15.3 Å². The Morgan fingerprint density at radius 1 is 1.30 bits per heavy atom. The molecule has 1 fully saturated rings. The third-order valence-corrected chi connectivity index (χ3v) is 4.97. The van der Waals surface area contributed by atoms with Crippen LogP contribution in [0.25, 0.3) is 0 Å². The van der Waals surface area contributed by atoms with Crippen LogP contribution in [0.4, 0.5) is 11.8 Å². The Kier molecular flexibility index (Phi) is 6.45. The minimum Gasteiger partial charge on any atom is -0.481 e. The van der Waals surface area contributed by atoms with Gasteiger partial charge in [-0.3, -0.25) is 0 Å². The van der Waals surface area contributed by atoms with Crippen molar-refractivity contribution in [2.24, 2.45) is 5.92 Å². The highest BCUT2D eigenvalue weighted by Gasteiger charge is 2.19. The molecular formula is C20H27N5OS. The average molecular weight is 386 g/mol. The van der Waals surface area contributed by atoms with Gasteiger partial charge in [-0.05, 0) is 43.5 Å². The summed E-state index contributed by atoms with van der Waals surface area (Å²) >= 11 is 5.45. The second kappa shape index (κ2) is 8.99. The van der Waals surface area contributed by atoms with Crippen LogP contribution < -0.4 is 20.3 Å². The Morgan fingerprint density at radius 3 is 2.78 bits per heavy atom. The number of thiocarbonyl (C=S) groups is 1. The second-order valence-electron chi connectivity index (χ2n) is 7.02. The monoisotopic (exact) mass is 385 g/mol. The lowest BCUT2D eigenvalue weighted by Gasteiger charge is -2.32. The fourth-order valence-corrected chi connectivity index (χ4v) is 3.56. The fraction of sp³-hybridized carbons (Fsp3) is 0.450. The molecule has 0 spiro atoms. The van der Waals surface area contributed by atoms with Crippen molar-refractivity contribution in [1.29, 1.82) is 0 Å². The number of hydrogen-bond donors (Lipinski definition) is 2. The van der Waals surface area contributed by atoms with Crippen molar-refractivity contribution in [3.63, 3.8) is 0 Å². The molecule has 144 valence electrons. The van der Waals surface area contributed by atoms with E-state index >= 15 is 0 Å². The predicted molar refractivity (Wildman–Crippen MR) is 113 cm³/mol. The number of nitrogens with zero attached hydrogens (tertiary/aromatic N) is 3. The summed E-state index contributed by atoms with van der Waals surface area (Å²) in [6.07, 6.45) is 2.43. The summed E-state index contributed by atoms with van der Waals surface area (Å²) < 4.78 is 5.36. The molecule has 1 aromatic heterocycles. The summed E-state index contributed by atoms with van der Waals surface area (Å²) in [4.78, 5) is 11.3. The van der Waals surface area contributed by atoms with E-state index in [9.17, 15) is 0 Å². The molecule has 0 unspecified atom stereocenters. The van der Waals surface area contributed by atoms with Crippen LogP contribution in [0, 0.1) is 5.92 Å². The molecular weight excluding hydrogens is 358 g/mol. The van der Waals surface area contributed by atoms with Gasteiger partial charge in [0, 0.05) is 19.2 Å². The van der Waals surface area contributed by atoms with Gasteiger partial charge in [0.2, 0.25) is 11.8 Å². The van der Waals surface area contributed by atoms with Gasteiger partial charge in [0.15, 0.2) is 5.11 Å². The largest absolute Gasteiger partial charge is 0.481 e. The topological polar surface area (TPSA) is 62.3 Å². The molecule has 2 heterocycles. The molecule has 7 heteroatoms. The minimum atomic E-state index is 0.0826. The first-order valence-electron chi connectivity index (χ1n) is 9.35. The summed E-state index contributed by atoms with van der Waals surface area (Å²) in [5.74, 6) is 2.50. The van der Waals surface area contributed by atoms with Crippen molar-refractivity contribution in [3.8, 4) is 5.88 Å². The van der Waals surface area contributed by atoms with Crippen LogP contribution in [-0.4, -0.2) is 35.3 Å². The van der Waals surface area contributed by atoms with Gasteiger partial charge in [0.1, 0.15) is 5.82 Å². The molecule has 0 aliphatic carbocycles. The third-order valence-electron chi connectivity index (χ3n) is 4.75. The van der Waals surface area contributed by atoms with Crippen LogP contribution in [0.3, 0.4) is 0 Å². The highest BCUT2D eigenvalue weighted by molar-refractivity contribution is 7.80. The van der Waals surface area contributed by atoms with Gasteiger partial charge in [-0.25, -0.2) is 0 Å². The van der Waals surface area contributed by atoms with E-state index in [2.05, 4.69) is 51.5 Å². The number of aromatic nitrogens is 2. The van der Waals surface area contributed by atoms with Gasteiger partial charge >= 0.3 is 0 Å². The molecule has 1 aliphatic rings. The molecule has 27 heavy (non-hydrogen) atoms. The Bertz CT molecular complexity index is 770. The minimum absolute atomic E-state index is 0.0826. The van der Waals surface area contributed by atoms with Gasteiger partial charge in [-0.2, -0.15) is 9.97 Å². The van der Waals surface area contributed by atoms with Crippen molar-refractivity contribution >= 4 is 29.1 Å². The Labute approximate surface area is 166 Å². The maximum absolute atomic E-state index is 5.45. The lowest BCUT2D eigenvalue weighted by Crippen LogP contribution is -2.35. The molecule has 3 rings (SSSR count). The maximum Gasteiger partial charge on any atom is 0.234 e. The first kappa shape index (κ1) is 19.4. The van der Waals surface area contributed by atoms with Crippen LogP contribution in [-0.2, 0) is 0 Å². The van der Waals surface area contributed by atoms with E-state index in [4.69, 9.17) is 17.0 Å². The number of methoxy groups -OCH3 is 1. The first-order valence-corrected chi connectivity index (χ1v) is 9.76. The highest BCUT2D eigenvalue weighted by atomic mass is 32.1. The SMILES string of the molecule is COc1cc(N2CCC[C@@H](C)C2)nc(NC(=S)N[C@@H](C)c2ccccc2)n1. The van der Waals surface area contributed by atoms with Crippen molar-refractivity contribution in [3.05, 3.63) is 42.0 Å². The molecule has 0 saturated carbocycles. The summed E-state index contributed by atoms with van der Waals surface area (Å²) in [6, 6.07) is 12.1. The smallest absolute Gasteiger partial charge is 0.234 e. The molecule has 1 aromatic carbocycles. The number of anilines is 2. The Balaban J connectivity index is 1.70. The zero-order valence-corrected chi connectivity index (χ0v) is 16.9. The molecule has 0 radical (unpaired) electrons. The fourth-order valence-electron chi connectivity index (χ4n) is 3.29. The molecule has 0 bridgehead atoms. The van der Waals surface area contributed by atoms with Crippen molar-refractivity contribution in [2.75, 3.05) is 30.4 Å². The predicted octanol–water partition coefficient (Wildman–Crippen LogP) is 3.77. The van der Waals surface area contributed by atoms with Crippen LogP contribution >= 0.6 is 12.2 Å². The summed E-state index contributed by atoms with van der Waals surface area (Å²) in [5.41, 5.74) is 1.16. The van der Waals surface area contributed by atoms with Gasteiger partial charge in [-0.15, -0.1) is 0 Å². The van der Waals surface area contributed by atoms with Crippen LogP contribution in [0.2, 0.25) is 0 Å². The standard InChI is InChI=1S/C20H27N5OS/c1-14-8-7-11-25(13-14)17-12-18(26-3)23-19(22-17)24-20(27)21-15(2)16-9-5-4-6-10-16/h4-6,9-10,12,14-15H,7-8,11,13H2,1-3H3,(H2,21,22,23,24,27)/t14-,15+/m1/s1. The molecule has 0 amide bonds. The van der Waals surface area contributed by atoms with Gasteiger partial charge in [0.05, 0.1) is 13.2 Å². The highest BCUT2D eigenvalue weighted by Crippen LogP contribution is 2.25. The average Bonchev–Trinajstić information content (AvgIpc) is 2.68. The van der Waals surface area contributed by atoms with E-state index in [0.717, 1.165) is 24.5 Å². The number of nitrogens with one attached hydrogen (secondary N) is 2. The summed E-state index contributed by atoms with van der Waals surface area (Å²) in [5, 5.41) is 6.86. The number of benzene rings is 1. The van der Waals surface area contributed by atoms with Crippen molar-refractivity contribution in [2.45, 2.75) is 32.7 Å². The summed E-state index contributed by atoms with van der Waals surface area (Å²) in [6.45, 7) is 6.33. The normalized spacial score (nSPS) is 17.9. The first-order chi connectivity index (χ1) is 13.0. The molecule has 1 saturated heterocycles. The zero-order valence-electron chi connectivity index (χ0n) is 16.1. The zero-order chi connectivity index (χ0) is 19.2. The Morgan fingerprint density at radius 2 is 2.07 bits per heavy atom. The van der Waals surface area contributed by atoms with E-state index in [-0.39, 0.29) is 6.04 Å². The van der Waals surface area contributed by atoms with Crippen LogP contribution in [0.15, 0.2) is 36.4 Å². The number of ether oxygens (including phenoxy) is 1.